The largest absolute Gasteiger partial charge is 0.426 e. The number of fused-ring (bicyclic) bond motifs is 2. The number of hydrogen-bond donors (Lipinski definition) is 0. The van der Waals surface area contributed by atoms with Crippen LogP contribution in [0.2, 0.25) is 5.02 Å². The predicted molar refractivity (Wildman–Crippen MR) is 66.0 cm³/mol. The number of carbonyl (C=O) groups is 1. The van der Waals surface area contributed by atoms with E-state index in [-0.39, 0.29) is 11.9 Å². The molecule has 0 spiro atoms. The molecule has 2 aliphatic carbocycles. The summed E-state index contributed by atoms with van der Waals surface area (Å²) in [5.74, 6) is 2.01. The Hall–Kier alpha value is -1.02. The Bertz CT molecular complexity index is 426. The van der Waals surface area contributed by atoms with Crippen LogP contribution < -0.4 is 4.74 Å². The molecule has 0 aromatic heterocycles. The fourth-order valence-electron chi connectivity index (χ4n) is 3.23. The van der Waals surface area contributed by atoms with Gasteiger partial charge in [-0.15, -0.1) is 0 Å². The molecule has 1 aromatic carbocycles. The lowest BCUT2D eigenvalue weighted by atomic mass is 9.89. The molecule has 90 valence electrons. The summed E-state index contributed by atoms with van der Waals surface area (Å²) < 4.78 is 5.41. The molecule has 0 aliphatic heterocycles. The van der Waals surface area contributed by atoms with Crippen molar-refractivity contribution in [2.75, 3.05) is 0 Å². The van der Waals surface area contributed by atoms with Gasteiger partial charge in [-0.1, -0.05) is 18.0 Å². The van der Waals surface area contributed by atoms with Crippen molar-refractivity contribution in [1.29, 1.82) is 0 Å². The summed E-state index contributed by atoms with van der Waals surface area (Å²) in [6.45, 7) is 0. The third-order valence-electron chi connectivity index (χ3n) is 4.07. The number of esters is 1. The Labute approximate surface area is 106 Å². The average molecular weight is 251 g/mol. The van der Waals surface area contributed by atoms with E-state index in [0.29, 0.717) is 16.7 Å². The fraction of sp³-hybridized carbons (Fsp3) is 0.500. The molecule has 2 aliphatic rings. The van der Waals surface area contributed by atoms with Gasteiger partial charge in [-0.05, 0) is 55.4 Å². The Morgan fingerprint density at radius 2 is 1.94 bits per heavy atom. The molecule has 0 saturated heterocycles. The van der Waals surface area contributed by atoms with Crippen LogP contribution in [0.3, 0.4) is 0 Å². The maximum atomic E-state index is 12.0. The van der Waals surface area contributed by atoms with Crippen molar-refractivity contribution in [2.45, 2.75) is 25.7 Å². The first-order valence-electron chi connectivity index (χ1n) is 6.19. The molecular formula is C14H15ClO2. The van der Waals surface area contributed by atoms with E-state index in [1.54, 1.807) is 24.3 Å². The highest BCUT2D eigenvalue weighted by Gasteiger charge is 2.44. The van der Waals surface area contributed by atoms with Crippen molar-refractivity contribution < 1.29 is 9.53 Å². The van der Waals surface area contributed by atoms with Gasteiger partial charge in [0.15, 0.2) is 0 Å². The number of hydrogen-bond acceptors (Lipinski definition) is 2. The second-order valence-corrected chi connectivity index (χ2v) is 5.59. The van der Waals surface area contributed by atoms with E-state index >= 15 is 0 Å². The molecule has 3 unspecified atom stereocenters. The number of rotatable bonds is 2. The lowest BCUT2D eigenvalue weighted by Gasteiger charge is -2.19. The van der Waals surface area contributed by atoms with Crippen LogP contribution in [-0.2, 0) is 4.79 Å². The van der Waals surface area contributed by atoms with Crippen LogP contribution in [0.15, 0.2) is 24.3 Å². The van der Waals surface area contributed by atoms with E-state index in [9.17, 15) is 4.79 Å². The predicted octanol–water partition coefficient (Wildman–Crippen LogP) is 3.68. The molecule has 1 aromatic rings. The molecule has 17 heavy (non-hydrogen) atoms. The highest BCUT2D eigenvalue weighted by Crippen LogP contribution is 2.48. The van der Waals surface area contributed by atoms with Crippen LogP contribution in [0.1, 0.15) is 25.7 Å². The molecule has 2 nitrogen and oxygen atoms in total. The molecule has 2 saturated carbocycles. The molecule has 3 atom stereocenters. The Kier molecular flexibility index (Phi) is 2.83. The summed E-state index contributed by atoms with van der Waals surface area (Å²) >= 11 is 5.79. The van der Waals surface area contributed by atoms with Crippen LogP contribution in [-0.4, -0.2) is 5.97 Å². The van der Waals surface area contributed by atoms with Crippen LogP contribution in [0.25, 0.3) is 0 Å². The molecular weight excluding hydrogens is 236 g/mol. The van der Waals surface area contributed by atoms with E-state index in [1.165, 1.54) is 19.3 Å². The van der Waals surface area contributed by atoms with Crippen molar-refractivity contribution >= 4 is 17.6 Å². The molecule has 0 amide bonds. The lowest BCUT2D eigenvalue weighted by Crippen LogP contribution is -2.25. The van der Waals surface area contributed by atoms with Crippen LogP contribution in [0, 0.1) is 17.8 Å². The van der Waals surface area contributed by atoms with Gasteiger partial charge in [-0.3, -0.25) is 4.79 Å². The highest BCUT2D eigenvalue weighted by atomic mass is 35.5. The standard InChI is InChI=1S/C14H15ClO2/c15-11-3-5-12(6-4-11)17-14(16)13-8-9-1-2-10(13)7-9/h3-6,9-10,13H,1-2,7-8H2. The van der Waals surface area contributed by atoms with Crippen molar-refractivity contribution in [3.05, 3.63) is 29.3 Å². The first-order chi connectivity index (χ1) is 8.22. The first kappa shape index (κ1) is 11.1. The van der Waals surface area contributed by atoms with Crippen molar-refractivity contribution in [3.8, 4) is 5.75 Å². The van der Waals surface area contributed by atoms with Gasteiger partial charge in [0.2, 0.25) is 0 Å². The summed E-state index contributed by atoms with van der Waals surface area (Å²) in [6.07, 6.45) is 4.75. The molecule has 3 rings (SSSR count). The topological polar surface area (TPSA) is 26.3 Å². The van der Waals surface area contributed by atoms with Gasteiger partial charge in [0, 0.05) is 5.02 Å². The van der Waals surface area contributed by atoms with Crippen molar-refractivity contribution in [1.82, 2.24) is 0 Å². The minimum absolute atomic E-state index is 0.0560. The summed E-state index contributed by atoms with van der Waals surface area (Å²) in [4.78, 5) is 12.0. The van der Waals surface area contributed by atoms with E-state index in [1.807, 2.05) is 0 Å². The van der Waals surface area contributed by atoms with Crippen LogP contribution >= 0.6 is 11.6 Å². The van der Waals surface area contributed by atoms with Gasteiger partial charge in [0.1, 0.15) is 5.75 Å². The monoisotopic (exact) mass is 250 g/mol. The van der Waals surface area contributed by atoms with E-state index in [2.05, 4.69) is 0 Å². The third kappa shape index (κ3) is 2.19. The van der Waals surface area contributed by atoms with Gasteiger partial charge in [-0.25, -0.2) is 0 Å². The Balaban J connectivity index is 1.65. The van der Waals surface area contributed by atoms with Gasteiger partial charge in [0.05, 0.1) is 5.92 Å². The summed E-state index contributed by atoms with van der Waals surface area (Å²) in [6, 6.07) is 6.97. The normalized spacial score (nSPS) is 30.5. The van der Waals surface area contributed by atoms with Crippen molar-refractivity contribution in [3.63, 3.8) is 0 Å². The molecule has 2 fully saturated rings. The molecule has 3 heteroatoms. The number of ether oxygens (including phenoxy) is 1. The van der Waals surface area contributed by atoms with Gasteiger partial charge < -0.3 is 4.74 Å². The van der Waals surface area contributed by atoms with Gasteiger partial charge >= 0.3 is 5.97 Å². The third-order valence-corrected chi connectivity index (χ3v) is 4.32. The van der Waals surface area contributed by atoms with Crippen LogP contribution in [0.5, 0.6) is 5.75 Å². The highest BCUT2D eigenvalue weighted by molar-refractivity contribution is 6.30. The molecule has 0 heterocycles. The smallest absolute Gasteiger partial charge is 0.314 e. The zero-order chi connectivity index (χ0) is 11.8. The van der Waals surface area contributed by atoms with Crippen molar-refractivity contribution in [2.24, 2.45) is 17.8 Å². The lowest BCUT2D eigenvalue weighted by molar-refractivity contribution is -0.140. The van der Waals surface area contributed by atoms with Gasteiger partial charge in [0.25, 0.3) is 0 Å². The summed E-state index contributed by atoms with van der Waals surface area (Å²) in [5, 5.41) is 0.657. The zero-order valence-electron chi connectivity index (χ0n) is 9.56. The summed E-state index contributed by atoms with van der Waals surface area (Å²) in [7, 11) is 0. The quantitative estimate of drug-likeness (QED) is 0.591. The van der Waals surface area contributed by atoms with E-state index < -0.39 is 0 Å². The summed E-state index contributed by atoms with van der Waals surface area (Å²) in [5.41, 5.74) is 0. The number of halogens is 1. The minimum Gasteiger partial charge on any atom is -0.426 e. The minimum atomic E-state index is -0.0560. The maximum Gasteiger partial charge on any atom is 0.314 e. The average Bonchev–Trinajstić information content (AvgIpc) is 2.94. The Morgan fingerprint density at radius 3 is 2.53 bits per heavy atom. The second kappa shape index (κ2) is 4.34. The van der Waals surface area contributed by atoms with Gasteiger partial charge in [-0.2, -0.15) is 0 Å². The number of benzene rings is 1. The molecule has 0 N–H and O–H groups in total. The first-order valence-corrected chi connectivity index (χ1v) is 6.57. The van der Waals surface area contributed by atoms with E-state index in [4.69, 9.17) is 16.3 Å². The fourth-order valence-corrected chi connectivity index (χ4v) is 3.35. The number of carbonyl (C=O) groups excluding carboxylic acids is 1. The van der Waals surface area contributed by atoms with Crippen LogP contribution in [0.4, 0.5) is 0 Å². The maximum absolute atomic E-state index is 12.0. The SMILES string of the molecule is O=C(Oc1ccc(Cl)cc1)C1CC2CCC1C2. The molecule has 0 radical (unpaired) electrons. The Morgan fingerprint density at radius 1 is 1.18 bits per heavy atom. The zero-order valence-corrected chi connectivity index (χ0v) is 10.3. The second-order valence-electron chi connectivity index (χ2n) is 5.16. The molecule has 2 bridgehead atoms. The van der Waals surface area contributed by atoms with E-state index in [0.717, 1.165) is 12.3 Å².